The van der Waals surface area contributed by atoms with Gasteiger partial charge in [-0.1, -0.05) is 29.8 Å². The van der Waals surface area contributed by atoms with Crippen LogP contribution in [0.2, 0.25) is 5.02 Å². The van der Waals surface area contributed by atoms with Gasteiger partial charge in [-0.3, -0.25) is 0 Å². The molecule has 1 aliphatic rings. The van der Waals surface area contributed by atoms with Gasteiger partial charge in [0.25, 0.3) is 0 Å². The van der Waals surface area contributed by atoms with Crippen molar-refractivity contribution in [1.82, 2.24) is 0 Å². The summed E-state index contributed by atoms with van der Waals surface area (Å²) in [4.78, 5) is 0. The van der Waals surface area contributed by atoms with Crippen LogP contribution < -0.4 is 5.32 Å². The molecule has 0 fully saturated rings. The van der Waals surface area contributed by atoms with Crippen LogP contribution in [0.3, 0.4) is 0 Å². The van der Waals surface area contributed by atoms with Gasteiger partial charge in [-0.2, -0.15) is 0 Å². The van der Waals surface area contributed by atoms with Crippen molar-refractivity contribution in [3.63, 3.8) is 0 Å². The third-order valence-corrected chi connectivity index (χ3v) is 3.38. The average Bonchev–Trinajstić information content (AvgIpc) is 2.75. The molecule has 1 aliphatic heterocycles. The molecule has 1 atom stereocenters. The van der Waals surface area contributed by atoms with E-state index in [1.165, 1.54) is 6.07 Å². The van der Waals surface area contributed by atoms with E-state index in [4.69, 9.17) is 11.6 Å². The highest BCUT2D eigenvalue weighted by molar-refractivity contribution is 6.30. The van der Waals surface area contributed by atoms with E-state index in [-0.39, 0.29) is 11.9 Å². The standard InChI is InChI=1S/C14H11ClFN/c15-10-6-4-9(5-7-10)14-8-11-12(16)2-1-3-13(11)17-14/h1-7,14,17H,8H2. The molecular formula is C14H11ClFN. The second kappa shape index (κ2) is 4.04. The van der Waals surface area contributed by atoms with Crippen LogP contribution in [0, 0.1) is 5.82 Å². The largest absolute Gasteiger partial charge is 0.378 e. The van der Waals surface area contributed by atoms with Crippen LogP contribution in [0.4, 0.5) is 10.1 Å². The molecule has 1 nitrogen and oxygen atoms in total. The first-order valence-electron chi connectivity index (χ1n) is 5.53. The maximum Gasteiger partial charge on any atom is 0.128 e. The lowest BCUT2D eigenvalue weighted by Gasteiger charge is -2.11. The minimum atomic E-state index is -0.133. The Balaban J connectivity index is 1.91. The summed E-state index contributed by atoms with van der Waals surface area (Å²) in [7, 11) is 0. The Kier molecular flexibility index (Phi) is 2.52. The summed E-state index contributed by atoms with van der Waals surface area (Å²) in [6.07, 6.45) is 0.684. The minimum absolute atomic E-state index is 0.133. The molecule has 0 saturated heterocycles. The number of fused-ring (bicyclic) bond motifs is 1. The normalized spacial score (nSPS) is 17.6. The van der Waals surface area contributed by atoms with Crippen LogP contribution in [-0.2, 0) is 6.42 Å². The van der Waals surface area contributed by atoms with Crippen LogP contribution in [0.1, 0.15) is 17.2 Å². The second-order valence-corrected chi connectivity index (χ2v) is 4.65. The summed E-state index contributed by atoms with van der Waals surface area (Å²) in [5.41, 5.74) is 2.79. The van der Waals surface area contributed by atoms with E-state index in [1.54, 1.807) is 6.07 Å². The zero-order chi connectivity index (χ0) is 11.8. The summed E-state index contributed by atoms with van der Waals surface area (Å²) >= 11 is 5.85. The molecule has 0 amide bonds. The van der Waals surface area contributed by atoms with Gasteiger partial charge in [0.2, 0.25) is 0 Å². The van der Waals surface area contributed by atoms with Crippen LogP contribution in [-0.4, -0.2) is 0 Å². The van der Waals surface area contributed by atoms with Crippen molar-refractivity contribution in [2.75, 3.05) is 5.32 Å². The smallest absolute Gasteiger partial charge is 0.128 e. The molecule has 0 aromatic heterocycles. The van der Waals surface area contributed by atoms with E-state index < -0.39 is 0 Å². The van der Waals surface area contributed by atoms with Gasteiger partial charge < -0.3 is 5.32 Å². The Bertz CT molecular complexity index is 551. The maximum atomic E-state index is 13.6. The maximum absolute atomic E-state index is 13.6. The Morgan fingerprint density at radius 3 is 2.59 bits per heavy atom. The van der Waals surface area contributed by atoms with Gasteiger partial charge in [-0.15, -0.1) is 0 Å². The summed E-state index contributed by atoms with van der Waals surface area (Å²) < 4.78 is 13.6. The summed E-state index contributed by atoms with van der Waals surface area (Å²) in [6.45, 7) is 0. The fourth-order valence-corrected chi connectivity index (χ4v) is 2.37. The Morgan fingerprint density at radius 2 is 1.88 bits per heavy atom. The third-order valence-electron chi connectivity index (χ3n) is 3.13. The summed E-state index contributed by atoms with van der Waals surface area (Å²) in [5, 5.41) is 4.05. The number of hydrogen-bond donors (Lipinski definition) is 1. The van der Waals surface area contributed by atoms with Crippen LogP contribution in [0.25, 0.3) is 0 Å². The van der Waals surface area contributed by atoms with Crippen LogP contribution in [0.5, 0.6) is 0 Å². The van der Waals surface area contributed by atoms with Crippen LogP contribution in [0.15, 0.2) is 42.5 Å². The van der Waals surface area contributed by atoms with E-state index in [2.05, 4.69) is 5.32 Å². The molecule has 1 heterocycles. The molecule has 0 aliphatic carbocycles. The van der Waals surface area contributed by atoms with E-state index in [9.17, 15) is 4.39 Å². The average molecular weight is 248 g/mol. The number of hydrogen-bond acceptors (Lipinski definition) is 1. The molecule has 3 heteroatoms. The highest BCUT2D eigenvalue weighted by Crippen LogP contribution is 2.35. The first-order valence-corrected chi connectivity index (χ1v) is 5.91. The van der Waals surface area contributed by atoms with Gasteiger partial charge in [-0.05, 0) is 29.8 Å². The van der Waals surface area contributed by atoms with Crippen LogP contribution >= 0.6 is 11.6 Å². The number of nitrogens with one attached hydrogen (secondary N) is 1. The number of benzene rings is 2. The predicted molar refractivity (Wildman–Crippen MR) is 67.9 cm³/mol. The summed E-state index contributed by atoms with van der Waals surface area (Å²) in [6, 6.07) is 13.0. The highest BCUT2D eigenvalue weighted by Gasteiger charge is 2.24. The van der Waals surface area contributed by atoms with E-state index >= 15 is 0 Å². The Hall–Kier alpha value is -1.54. The molecule has 1 N–H and O–H groups in total. The van der Waals surface area contributed by atoms with Crippen molar-refractivity contribution in [3.05, 3.63) is 64.4 Å². The fourth-order valence-electron chi connectivity index (χ4n) is 2.24. The lowest BCUT2D eigenvalue weighted by atomic mass is 10.0. The Labute approximate surface area is 104 Å². The first-order chi connectivity index (χ1) is 8.24. The molecule has 3 rings (SSSR count). The highest BCUT2D eigenvalue weighted by atomic mass is 35.5. The monoisotopic (exact) mass is 247 g/mol. The Morgan fingerprint density at radius 1 is 1.12 bits per heavy atom. The lowest BCUT2D eigenvalue weighted by Crippen LogP contribution is -2.05. The van der Waals surface area contributed by atoms with E-state index in [1.807, 2.05) is 30.3 Å². The predicted octanol–water partition coefficient (Wildman–Crippen LogP) is 4.19. The summed E-state index contributed by atoms with van der Waals surface area (Å²) in [5.74, 6) is -0.133. The zero-order valence-electron chi connectivity index (χ0n) is 9.08. The van der Waals surface area contributed by atoms with Crippen molar-refractivity contribution in [1.29, 1.82) is 0 Å². The molecule has 0 spiro atoms. The SMILES string of the molecule is Fc1cccc2c1CC(c1ccc(Cl)cc1)N2. The molecular weight excluding hydrogens is 237 g/mol. The molecule has 0 bridgehead atoms. The molecule has 1 unspecified atom stereocenters. The topological polar surface area (TPSA) is 12.0 Å². The number of anilines is 1. The molecule has 0 saturated carbocycles. The molecule has 86 valence electrons. The molecule has 0 radical (unpaired) electrons. The lowest BCUT2D eigenvalue weighted by molar-refractivity contribution is 0.610. The molecule has 2 aromatic carbocycles. The molecule has 2 aromatic rings. The van der Waals surface area contributed by atoms with Crippen molar-refractivity contribution in [2.24, 2.45) is 0 Å². The van der Waals surface area contributed by atoms with Gasteiger partial charge in [-0.25, -0.2) is 4.39 Å². The fraction of sp³-hybridized carbons (Fsp3) is 0.143. The number of halogens is 2. The van der Waals surface area contributed by atoms with Gasteiger partial charge in [0.1, 0.15) is 5.82 Å². The van der Waals surface area contributed by atoms with Crippen molar-refractivity contribution in [3.8, 4) is 0 Å². The van der Waals surface area contributed by atoms with E-state index in [0.29, 0.717) is 6.42 Å². The van der Waals surface area contributed by atoms with E-state index in [0.717, 1.165) is 21.8 Å². The van der Waals surface area contributed by atoms with Gasteiger partial charge in [0.05, 0.1) is 6.04 Å². The van der Waals surface area contributed by atoms with Gasteiger partial charge in [0.15, 0.2) is 0 Å². The minimum Gasteiger partial charge on any atom is -0.378 e. The van der Waals surface area contributed by atoms with Gasteiger partial charge in [0, 0.05) is 22.7 Å². The van der Waals surface area contributed by atoms with Crippen molar-refractivity contribution >= 4 is 17.3 Å². The quantitative estimate of drug-likeness (QED) is 0.797. The first kappa shape index (κ1) is 10.6. The van der Waals surface area contributed by atoms with Gasteiger partial charge >= 0.3 is 0 Å². The van der Waals surface area contributed by atoms with Crippen molar-refractivity contribution in [2.45, 2.75) is 12.5 Å². The number of rotatable bonds is 1. The molecule has 17 heavy (non-hydrogen) atoms. The third kappa shape index (κ3) is 1.89. The van der Waals surface area contributed by atoms with Crippen molar-refractivity contribution < 1.29 is 4.39 Å². The second-order valence-electron chi connectivity index (χ2n) is 4.22. The zero-order valence-corrected chi connectivity index (χ0v) is 9.84.